The van der Waals surface area contributed by atoms with Crippen molar-refractivity contribution in [2.24, 2.45) is 7.05 Å². The van der Waals surface area contributed by atoms with Crippen LogP contribution in [0.15, 0.2) is 59.5 Å². The van der Waals surface area contributed by atoms with Crippen LogP contribution in [0.1, 0.15) is 15.9 Å². The van der Waals surface area contributed by atoms with Gasteiger partial charge in [0.2, 0.25) is 0 Å². The minimum Gasteiger partial charge on any atom is -0.478 e. The van der Waals surface area contributed by atoms with Crippen molar-refractivity contribution >= 4 is 29.3 Å². The lowest BCUT2D eigenvalue weighted by Gasteiger charge is -2.06. The van der Waals surface area contributed by atoms with Gasteiger partial charge in [0.05, 0.1) is 11.3 Å². The summed E-state index contributed by atoms with van der Waals surface area (Å²) in [5.41, 5.74) is 3.00. The van der Waals surface area contributed by atoms with Gasteiger partial charge in [-0.3, -0.25) is 4.68 Å². The number of aromatic nitrogens is 2. The highest BCUT2D eigenvalue weighted by Gasteiger charge is 2.17. The summed E-state index contributed by atoms with van der Waals surface area (Å²) in [5.74, 6) is -0.389. The van der Waals surface area contributed by atoms with Gasteiger partial charge >= 0.3 is 5.97 Å². The van der Waals surface area contributed by atoms with Crippen LogP contribution in [0.3, 0.4) is 0 Å². The fraction of sp³-hybridized carbons (Fsp3) is 0.111. The van der Waals surface area contributed by atoms with Gasteiger partial charge in [0.25, 0.3) is 0 Å². The second-order valence-electron chi connectivity index (χ2n) is 5.20. The van der Waals surface area contributed by atoms with Gasteiger partial charge in [-0.15, -0.1) is 11.8 Å². The summed E-state index contributed by atoms with van der Waals surface area (Å²) >= 11 is 7.85. The number of nitrogens with zero attached hydrogens (tertiary/aromatic N) is 2. The Morgan fingerprint density at radius 3 is 2.54 bits per heavy atom. The van der Waals surface area contributed by atoms with Gasteiger partial charge in [0.15, 0.2) is 0 Å². The maximum absolute atomic E-state index is 11.3. The van der Waals surface area contributed by atoms with E-state index in [1.807, 2.05) is 36.4 Å². The zero-order valence-electron chi connectivity index (χ0n) is 12.9. The fourth-order valence-electron chi connectivity index (χ4n) is 2.42. The molecule has 0 unspecified atom stereocenters. The number of rotatable bonds is 5. The number of carboxylic acid groups (broad SMARTS) is 1. The van der Waals surface area contributed by atoms with E-state index < -0.39 is 5.97 Å². The summed E-state index contributed by atoms with van der Waals surface area (Å²) < 4.78 is 1.64. The van der Waals surface area contributed by atoms with Crippen LogP contribution in [0.25, 0.3) is 11.3 Å². The molecule has 3 aromatic rings. The Hall–Kier alpha value is -2.24. The molecule has 1 heterocycles. The van der Waals surface area contributed by atoms with Crippen molar-refractivity contribution in [2.75, 3.05) is 0 Å². The number of benzene rings is 2. The maximum atomic E-state index is 11.3. The number of aryl methyl sites for hydroxylation is 1. The number of hydrogen-bond acceptors (Lipinski definition) is 3. The molecular weight excluding hydrogens is 344 g/mol. The van der Waals surface area contributed by atoms with E-state index in [0.717, 1.165) is 16.8 Å². The largest absolute Gasteiger partial charge is 0.478 e. The third-order valence-corrected chi connectivity index (χ3v) is 5.18. The Morgan fingerprint density at radius 2 is 1.83 bits per heavy atom. The van der Waals surface area contributed by atoms with E-state index in [1.165, 1.54) is 11.8 Å². The molecule has 0 amide bonds. The predicted molar refractivity (Wildman–Crippen MR) is 96.6 cm³/mol. The highest BCUT2D eigenvalue weighted by molar-refractivity contribution is 7.98. The molecule has 0 fully saturated rings. The van der Waals surface area contributed by atoms with Crippen LogP contribution in [-0.4, -0.2) is 20.9 Å². The van der Waals surface area contributed by atoms with Crippen LogP contribution < -0.4 is 0 Å². The van der Waals surface area contributed by atoms with Crippen molar-refractivity contribution in [3.8, 4) is 11.3 Å². The second-order valence-corrected chi connectivity index (χ2v) is 6.57. The van der Waals surface area contributed by atoms with Crippen LogP contribution in [0.4, 0.5) is 0 Å². The minimum absolute atomic E-state index is 0.295. The molecule has 122 valence electrons. The molecule has 2 aromatic carbocycles. The number of aromatic carboxylic acids is 1. The molecule has 0 atom stereocenters. The Labute approximate surface area is 149 Å². The number of thioether (sulfide) groups is 1. The van der Waals surface area contributed by atoms with Gasteiger partial charge in [-0.2, -0.15) is 5.10 Å². The number of hydrogen-bond donors (Lipinski definition) is 1. The zero-order valence-corrected chi connectivity index (χ0v) is 14.5. The molecule has 0 aliphatic heterocycles. The maximum Gasteiger partial charge on any atom is 0.336 e. The first-order valence-corrected chi connectivity index (χ1v) is 8.66. The summed E-state index contributed by atoms with van der Waals surface area (Å²) in [7, 11) is 1.80. The molecule has 24 heavy (non-hydrogen) atoms. The summed E-state index contributed by atoms with van der Waals surface area (Å²) in [6.45, 7) is 0. The van der Waals surface area contributed by atoms with Gasteiger partial charge in [-0.1, -0.05) is 54.1 Å². The number of halogens is 1. The standard InChI is InChI=1S/C18H15ClN2O2S/c1-21-17(19)14(16(20-21)12-7-3-2-4-8-12)11-24-15-10-6-5-9-13(15)18(22)23/h2-10H,11H2,1H3,(H,22,23). The molecule has 1 N–H and O–H groups in total. The molecule has 6 heteroatoms. The van der Waals surface area contributed by atoms with Gasteiger partial charge < -0.3 is 5.11 Å². The van der Waals surface area contributed by atoms with Gasteiger partial charge in [-0.05, 0) is 12.1 Å². The molecule has 4 nitrogen and oxygen atoms in total. The van der Waals surface area contributed by atoms with Gasteiger partial charge in [-0.25, -0.2) is 4.79 Å². The number of carboxylic acids is 1. The molecule has 0 bridgehead atoms. The SMILES string of the molecule is Cn1nc(-c2ccccc2)c(CSc2ccccc2C(=O)O)c1Cl. The second kappa shape index (κ2) is 7.11. The van der Waals surface area contributed by atoms with E-state index in [1.54, 1.807) is 29.9 Å². The molecule has 0 aliphatic rings. The molecule has 1 aromatic heterocycles. The third kappa shape index (κ3) is 3.32. The third-order valence-electron chi connectivity index (χ3n) is 3.61. The quantitative estimate of drug-likeness (QED) is 0.670. The van der Waals surface area contributed by atoms with E-state index in [0.29, 0.717) is 21.4 Å². The highest BCUT2D eigenvalue weighted by Crippen LogP contribution is 2.34. The average Bonchev–Trinajstić information content (AvgIpc) is 2.89. The van der Waals surface area contributed by atoms with Crippen LogP contribution in [-0.2, 0) is 12.8 Å². The predicted octanol–water partition coefficient (Wildman–Crippen LogP) is 4.73. The van der Waals surface area contributed by atoms with Crippen molar-refractivity contribution in [1.29, 1.82) is 0 Å². The Balaban J connectivity index is 1.93. The minimum atomic E-state index is -0.932. The lowest BCUT2D eigenvalue weighted by molar-refractivity contribution is 0.0693. The Bertz CT molecular complexity index is 878. The van der Waals surface area contributed by atoms with E-state index in [4.69, 9.17) is 11.6 Å². The smallest absolute Gasteiger partial charge is 0.336 e. The van der Waals surface area contributed by atoms with Crippen molar-refractivity contribution < 1.29 is 9.90 Å². The van der Waals surface area contributed by atoms with Crippen molar-refractivity contribution in [3.63, 3.8) is 0 Å². The first-order valence-electron chi connectivity index (χ1n) is 7.30. The zero-order chi connectivity index (χ0) is 17.1. The van der Waals surface area contributed by atoms with E-state index >= 15 is 0 Å². The lowest BCUT2D eigenvalue weighted by atomic mass is 10.1. The normalized spacial score (nSPS) is 10.8. The van der Waals surface area contributed by atoms with Crippen LogP contribution in [0.5, 0.6) is 0 Å². The van der Waals surface area contributed by atoms with Crippen molar-refractivity contribution in [2.45, 2.75) is 10.6 Å². The molecule has 0 aliphatic carbocycles. The van der Waals surface area contributed by atoms with Crippen molar-refractivity contribution in [3.05, 3.63) is 70.9 Å². The summed E-state index contributed by atoms with van der Waals surface area (Å²) in [4.78, 5) is 12.0. The molecular formula is C18H15ClN2O2S. The fourth-order valence-corrected chi connectivity index (χ4v) is 3.75. The summed E-state index contributed by atoms with van der Waals surface area (Å²) in [6.07, 6.45) is 0. The number of carbonyl (C=O) groups is 1. The summed E-state index contributed by atoms with van der Waals surface area (Å²) in [6, 6.07) is 16.8. The van der Waals surface area contributed by atoms with E-state index in [9.17, 15) is 9.90 Å². The molecule has 0 spiro atoms. The monoisotopic (exact) mass is 358 g/mol. The first kappa shape index (κ1) is 16.6. The van der Waals surface area contributed by atoms with Gasteiger partial charge in [0.1, 0.15) is 5.15 Å². The Morgan fingerprint density at radius 1 is 1.17 bits per heavy atom. The van der Waals surface area contributed by atoms with E-state index in [-0.39, 0.29) is 0 Å². The van der Waals surface area contributed by atoms with Crippen molar-refractivity contribution in [1.82, 2.24) is 9.78 Å². The molecule has 0 saturated carbocycles. The van der Waals surface area contributed by atoms with E-state index in [2.05, 4.69) is 5.10 Å². The van der Waals surface area contributed by atoms with Crippen LogP contribution in [0, 0.1) is 0 Å². The first-order chi connectivity index (χ1) is 11.6. The van der Waals surface area contributed by atoms with Gasteiger partial charge in [0, 0.05) is 28.8 Å². The molecule has 0 radical (unpaired) electrons. The van der Waals surface area contributed by atoms with Crippen LogP contribution in [0.2, 0.25) is 5.15 Å². The Kier molecular flexibility index (Phi) is 4.92. The topological polar surface area (TPSA) is 55.1 Å². The molecule has 3 rings (SSSR count). The average molecular weight is 359 g/mol. The highest BCUT2D eigenvalue weighted by atomic mass is 35.5. The summed E-state index contributed by atoms with van der Waals surface area (Å²) in [5, 5.41) is 14.4. The van der Waals surface area contributed by atoms with Crippen LogP contribution >= 0.6 is 23.4 Å². The lowest BCUT2D eigenvalue weighted by Crippen LogP contribution is -1.98. The molecule has 0 saturated heterocycles.